The Kier molecular flexibility index (Phi) is 6.53. The highest BCUT2D eigenvalue weighted by molar-refractivity contribution is 6.03. The van der Waals surface area contributed by atoms with Gasteiger partial charge in [-0.1, -0.05) is 26.0 Å². The van der Waals surface area contributed by atoms with E-state index in [2.05, 4.69) is 0 Å². The molecular weight excluding hydrogens is 368 g/mol. The molecule has 0 bridgehead atoms. The number of aromatic nitrogens is 1. The van der Waals surface area contributed by atoms with Gasteiger partial charge in [0.05, 0.1) is 5.56 Å². The van der Waals surface area contributed by atoms with Crippen LogP contribution in [0.15, 0.2) is 23.0 Å². The molecule has 1 aromatic heterocycles. The first-order valence-electron chi connectivity index (χ1n) is 9.70. The third-order valence-corrected chi connectivity index (χ3v) is 4.97. The van der Waals surface area contributed by atoms with Crippen molar-refractivity contribution in [3.63, 3.8) is 0 Å². The van der Waals surface area contributed by atoms with E-state index < -0.39 is 29.4 Å². The van der Waals surface area contributed by atoms with Crippen LogP contribution in [0.25, 0.3) is 0 Å². The minimum absolute atomic E-state index is 0.0545. The maximum absolute atomic E-state index is 13.2. The molecule has 2 rings (SSSR count). The van der Waals surface area contributed by atoms with Crippen molar-refractivity contribution in [2.24, 2.45) is 0 Å². The fourth-order valence-corrected chi connectivity index (χ4v) is 3.36. The summed E-state index contributed by atoms with van der Waals surface area (Å²) in [5, 5.41) is 20.1. The van der Waals surface area contributed by atoms with Crippen LogP contribution in [0.4, 0.5) is 0 Å². The van der Waals surface area contributed by atoms with Gasteiger partial charge in [0.15, 0.2) is 6.10 Å². The molecule has 0 amide bonds. The van der Waals surface area contributed by atoms with Gasteiger partial charge in [0.25, 0.3) is 5.56 Å². The van der Waals surface area contributed by atoms with Gasteiger partial charge >= 0.3 is 0 Å². The molecule has 6 nitrogen and oxygen atoms in total. The second-order valence-electron chi connectivity index (χ2n) is 7.90. The molecule has 1 atom stereocenters. The van der Waals surface area contributed by atoms with Crippen LogP contribution in [0.1, 0.15) is 79.2 Å². The number of hydrogen-bond acceptors (Lipinski definition) is 5. The van der Waals surface area contributed by atoms with E-state index in [9.17, 15) is 20.0 Å². The molecule has 29 heavy (non-hydrogen) atoms. The summed E-state index contributed by atoms with van der Waals surface area (Å²) >= 11 is 0. The molecule has 0 spiro atoms. The standard InChI is InChI=1S/C23H28N2O4/c1-12(2)17-9-8-14(5)10-19(17)29-16(7)21(26)20-15(6)18(11-24)22(27)25(13(3)4)23(20)28/h8-10,12-13,16,28H,1-7H3. The maximum Gasteiger partial charge on any atom is 0.271 e. The lowest BCUT2D eigenvalue weighted by atomic mass is 9.98. The van der Waals surface area contributed by atoms with E-state index in [4.69, 9.17) is 4.74 Å². The van der Waals surface area contributed by atoms with E-state index in [0.717, 1.165) is 15.7 Å². The molecule has 0 aliphatic carbocycles. The van der Waals surface area contributed by atoms with E-state index in [1.807, 2.05) is 45.0 Å². The molecule has 1 heterocycles. The lowest BCUT2D eigenvalue weighted by Gasteiger charge is -2.22. The summed E-state index contributed by atoms with van der Waals surface area (Å²) in [5.74, 6) is -0.107. The summed E-state index contributed by atoms with van der Waals surface area (Å²) < 4.78 is 7.05. The number of rotatable bonds is 6. The fraction of sp³-hybridized carbons (Fsp3) is 0.435. The molecule has 0 aliphatic heterocycles. The quantitative estimate of drug-likeness (QED) is 0.731. The normalized spacial score (nSPS) is 12.1. The third kappa shape index (κ3) is 4.19. The van der Waals surface area contributed by atoms with Crippen molar-refractivity contribution in [1.82, 2.24) is 4.57 Å². The molecule has 0 radical (unpaired) electrons. The van der Waals surface area contributed by atoms with Gasteiger partial charge in [0, 0.05) is 6.04 Å². The number of nitrogens with zero attached hydrogens (tertiary/aromatic N) is 2. The molecule has 0 saturated heterocycles. The van der Waals surface area contributed by atoms with Gasteiger partial charge in [-0.2, -0.15) is 5.26 Å². The Balaban J connectivity index is 2.56. The number of ether oxygens (including phenoxy) is 1. The van der Waals surface area contributed by atoms with Crippen molar-refractivity contribution >= 4 is 5.78 Å². The first-order chi connectivity index (χ1) is 13.5. The fourth-order valence-electron chi connectivity index (χ4n) is 3.36. The van der Waals surface area contributed by atoms with E-state index in [1.54, 1.807) is 20.8 Å². The van der Waals surface area contributed by atoms with Gasteiger partial charge in [0.1, 0.15) is 17.4 Å². The Morgan fingerprint density at radius 2 is 1.79 bits per heavy atom. The Hall–Kier alpha value is -3.07. The molecule has 0 fully saturated rings. The highest BCUT2D eigenvalue weighted by atomic mass is 16.5. The highest BCUT2D eigenvalue weighted by Crippen LogP contribution is 2.30. The summed E-state index contributed by atoms with van der Waals surface area (Å²) in [6.07, 6.45) is -0.913. The van der Waals surface area contributed by atoms with E-state index in [-0.39, 0.29) is 22.6 Å². The number of hydrogen-bond donors (Lipinski definition) is 1. The molecule has 1 aromatic carbocycles. The van der Waals surface area contributed by atoms with Gasteiger partial charge in [-0.25, -0.2) is 0 Å². The van der Waals surface area contributed by atoms with Gasteiger partial charge in [-0.05, 0) is 63.3 Å². The third-order valence-electron chi connectivity index (χ3n) is 4.97. The van der Waals surface area contributed by atoms with Crippen LogP contribution in [0, 0.1) is 25.2 Å². The average molecular weight is 396 g/mol. The zero-order chi connectivity index (χ0) is 22.0. The smallest absolute Gasteiger partial charge is 0.271 e. The Morgan fingerprint density at radius 3 is 2.31 bits per heavy atom. The number of ketones is 1. The maximum atomic E-state index is 13.2. The Morgan fingerprint density at radius 1 is 1.17 bits per heavy atom. The molecule has 1 N–H and O–H groups in total. The number of Topliss-reactive ketones (excluding diaryl/α,β-unsaturated/α-hetero) is 1. The molecule has 6 heteroatoms. The van der Waals surface area contributed by atoms with Crippen LogP contribution in [-0.4, -0.2) is 21.6 Å². The number of aromatic hydroxyl groups is 1. The molecule has 154 valence electrons. The van der Waals surface area contributed by atoms with Crippen molar-refractivity contribution in [3.05, 3.63) is 56.4 Å². The van der Waals surface area contributed by atoms with Crippen molar-refractivity contribution in [2.75, 3.05) is 0 Å². The Labute approximate surface area is 171 Å². The van der Waals surface area contributed by atoms with Gasteiger partial charge in [-0.15, -0.1) is 0 Å². The van der Waals surface area contributed by atoms with Crippen LogP contribution in [0.3, 0.4) is 0 Å². The second kappa shape index (κ2) is 8.52. The lowest BCUT2D eigenvalue weighted by molar-refractivity contribution is 0.0810. The minimum atomic E-state index is -0.913. The number of aryl methyl sites for hydroxylation is 1. The zero-order valence-electron chi connectivity index (χ0n) is 18.0. The minimum Gasteiger partial charge on any atom is -0.494 e. The average Bonchev–Trinajstić information content (AvgIpc) is 2.61. The number of benzene rings is 1. The highest BCUT2D eigenvalue weighted by Gasteiger charge is 2.29. The zero-order valence-corrected chi connectivity index (χ0v) is 18.0. The van der Waals surface area contributed by atoms with Crippen molar-refractivity contribution in [3.8, 4) is 17.7 Å². The SMILES string of the molecule is Cc1ccc(C(C)C)c(OC(C)C(=O)c2c(C)c(C#N)c(=O)n(C(C)C)c2O)c1. The summed E-state index contributed by atoms with van der Waals surface area (Å²) in [7, 11) is 0. The molecule has 0 saturated carbocycles. The lowest BCUT2D eigenvalue weighted by Crippen LogP contribution is -2.31. The predicted molar refractivity (Wildman–Crippen MR) is 112 cm³/mol. The van der Waals surface area contributed by atoms with Crippen LogP contribution in [0.2, 0.25) is 0 Å². The summed E-state index contributed by atoms with van der Waals surface area (Å²) in [4.78, 5) is 25.7. The monoisotopic (exact) mass is 396 g/mol. The molecule has 0 aliphatic rings. The second-order valence-corrected chi connectivity index (χ2v) is 7.90. The summed E-state index contributed by atoms with van der Waals surface area (Å²) in [6.45, 7) is 12.5. The molecule has 2 aromatic rings. The summed E-state index contributed by atoms with van der Waals surface area (Å²) in [5.41, 5.74) is 1.33. The number of carbonyl (C=O) groups is 1. The molecular formula is C23H28N2O4. The summed E-state index contributed by atoms with van der Waals surface area (Å²) in [6, 6.07) is 7.29. The first-order valence-corrected chi connectivity index (χ1v) is 9.70. The van der Waals surface area contributed by atoms with E-state index in [0.29, 0.717) is 5.75 Å². The van der Waals surface area contributed by atoms with E-state index in [1.165, 1.54) is 6.92 Å². The van der Waals surface area contributed by atoms with Crippen LogP contribution >= 0.6 is 0 Å². The number of nitriles is 1. The van der Waals surface area contributed by atoms with Gasteiger partial charge in [-0.3, -0.25) is 14.2 Å². The van der Waals surface area contributed by atoms with Crippen molar-refractivity contribution < 1.29 is 14.6 Å². The largest absolute Gasteiger partial charge is 0.494 e. The van der Waals surface area contributed by atoms with Gasteiger partial charge < -0.3 is 9.84 Å². The van der Waals surface area contributed by atoms with Crippen molar-refractivity contribution in [1.29, 1.82) is 5.26 Å². The molecule has 1 unspecified atom stereocenters. The number of carbonyl (C=O) groups excluding carboxylic acids is 1. The van der Waals surface area contributed by atoms with Gasteiger partial charge in [0.2, 0.25) is 11.7 Å². The van der Waals surface area contributed by atoms with Crippen LogP contribution in [-0.2, 0) is 0 Å². The van der Waals surface area contributed by atoms with Crippen LogP contribution in [0.5, 0.6) is 11.6 Å². The van der Waals surface area contributed by atoms with E-state index >= 15 is 0 Å². The Bertz CT molecular complexity index is 1040. The first kappa shape index (κ1) is 22.2. The van der Waals surface area contributed by atoms with Crippen LogP contribution < -0.4 is 10.3 Å². The topological polar surface area (TPSA) is 92.3 Å². The predicted octanol–water partition coefficient (Wildman–Crippen LogP) is 4.40. The van der Waals surface area contributed by atoms with Crippen molar-refractivity contribution in [2.45, 2.75) is 66.5 Å². The number of pyridine rings is 1.